The molecule has 1 aromatic carbocycles. The third-order valence-electron chi connectivity index (χ3n) is 2.42. The fourth-order valence-electron chi connectivity index (χ4n) is 1.39. The van der Waals surface area contributed by atoms with Crippen LogP contribution >= 0.6 is 11.8 Å². The van der Waals surface area contributed by atoms with Crippen LogP contribution in [0, 0.1) is 6.92 Å². The van der Waals surface area contributed by atoms with Crippen molar-refractivity contribution in [1.82, 2.24) is 4.90 Å². The van der Waals surface area contributed by atoms with Gasteiger partial charge in [-0.1, -0.05) is 29.8 Å². The molecule has 1 N–H and O–H groups in total. The number of carbonyl (C=O) groups excluding carboxylic acids is 1. The van der Waals surface area contributed by atoms with Crippen molar-refractivity contribution >= 4 is 23.6 Å². The number of carboxylic acids is 1. The van der Waals surface area contributed by atoms with E-state index in [0.717, 1.165) is 17.3 Å². The molecular formula is C13H17NO3S. The Morgan fingerprint density at radius 3 is 2.39 bits per heavy atom. The first kappa shape index (κ1) is 14.6. The lowest BCUT2D eigenvalue weighted by atomic mass is 10.1. The first-order valence-electron chi connectivity index (χ1n) is 5.58. The summed E-state index contributed by atoms with van der Waals surface area (Å²) in [5.74, 6) is -0.783. The second-order valence-corrected chi connectivity index (χ2v) is 5.11. The summed E-state index contributed by atoms with van der Waals surface area (Å²) in [5, 5.41) is 8.48. The molecule has 0 atom stereocenters. The van der Waals surface area contributed by atoms with Crippen molar-refractivity contribution in [3.8, 4) is 0 Å². The van der Waals surface area contributed by atoms with Gasteiger partial charge in [0.1, 0.15) is 0 Å². The highest BCUT2D eigenvalue weighted by Gasteiger charge is 2.10. The Morgan fingerprint density at radius 1 is 1.22 bits per heavy atom. The molecule has 0 heterocycles. The van der Waals surface area contributed by atoms with Crippen LogP contribution in [0.15, 0.2) is 24.3 Å². The fourth-order valence-corrected chi connectivity index (χ4v) is 2.06. The van der Waals surface area contributed by atoms with E-state index in [1.54, 1.807) is 11.9 Å². The van der Waals surface area contributed by atoms with E-state index in [9.17, 15) is 9.59 Å². The number of benzene rings is 1. The van der Waals surface area contributed by atoms with E-state index in [4.69, 9.17) is 5.11 Å². The summed E-state index contributed by atoms with van der Waals surface area (Å²) in [4.78, 5) is 23.6. The lowest BCUT2D eigenvalue weighted by molar-refractivity contribution is -0.133. The Labute approximate surface area is 111 Å². The van der Waals surface area contributed by atoms with Gasteiger partial charge < -0.3 is 10.0 Å². The largest absolute Gasteiger partial charge is 0.481 e. The highest BCUT2D eigenvalue weighted by Crippen LogP contribution is 2.08. The van der Waals surface area contributed by atoms with E-state index in [0.29, 0.717) is 6.54 Å². The number of aliphatic carboxylic acids is 1. The van der Waals surface area contributed by atoms with Gasteiger partial charge in [-0.05, 0) is 12.5 Å². The third kappa shape index (κ3) is 5.23. The zero-order chi connectivity index (χ0) is 13.5. The molecule has 5 heteroatoms. The molecule has 1 amide bonds. The third-order valence-corrected chi connectivity index (χ3v) is 3.32. The monoisotopic (exact) mass is 267 g/mol. The number of aryl methyl sites for hydroxylation is 1. The van der Waals surface area contributed by atoms with Gasteiger partial charge in [-0.25, -0.2) is 0 Å². The zero-order valence-electron chi connectivity index (χ0n) is 10.5. The Balaban J connectivity index is 2.39. The summed E-state index contributed by atoms with van der Waals surface area (Å²) in [6.07, 6.45) is 0. The Bertz CT molecular complexity index is 417. The molecule has 0 radical (unpaired) electrons. The molecule has 0 bridgehead atoms. The minimum atomic E-state index is -0.894. The number of rotatable bonds is 6. The molecule has 0 saturated heterocycles. The summed E-state index contributed by atoms with van der Waals surface area (Å²) in [5.41, 5.74) is 2.25. The number of amides is 1. The number of carboxylic acid groups (broad SMARTS) is 1. The van der Waals surface area contributed by atoms with Crippen molar-refractivity contribution in [1.29, 1.82) is 0 Å². The van der Waals surface area contributed by atoms with Gasteiger partial charge >= 0.3 is 5.97 Å². The van der Waals surface area contributed by atoms with Crippen molar-refractivity contribution < 1.29 is 14.7 Å². The number of nitrogens with zero attached hydrogens (tertiary/aromatic N) is 1. The summed E-state index contributed by atoms with van der Waals surface area (Å²) in [7, 11) is 1.73. The second kappa shape index (κ2) is 7.06. The van der Waals surface area contributed by atoms with Crippen LogP contribution in [0.25, 0.3) is 0 Å². The van der Waals surface area contributed by atoms with Gasteiger partial charge in [0.2, 0.25) is 5.91 Å². The van der Waals surface area contributed by atoms with Crippen molar-refractivity contribution in [3.63, 3.8) is 0 Å². The summed E-state index contributed by atoms with van der Waals surface area (Å²) in [6.45, 7) is 2.56. The van der Waals surface area contributed by atoms with Gasteiger partial charge in [-0.2, -0.15) is 0 Å². The normalized spacial score (nSPS) is 10.1. The van der Waals surface area contributed by atoms with Gasteiger partial charge in [0, 0.05) is 13.6 Å². The molecule has 0 aromatic heterocycles. The molecule has 98 valence electrons. The molecule has 18 heavy (non-hydrogen) atoms. The van der Waals surface area contributed by atoms with Crippen LogP contribution < -0.4 is 0 Å². The summed E-state index contributed by atoms with van der Waals surface area (Å²) < 4.78 is 0. The first-order chi connectivity index (χ1) is 8.49. The van der Waals surface area contributed by atoms with E-state index in [2.05, 4.69) is 0 Å². The number of thioether (sulfide) groups is 1. The highest BCUT2D eigenvalue weighted by atomic mass is 32.2. The van der Waals surface area contributed by atoms with E-state index in [-0.39, 0.29) is 17.4 Å². The van der Waals surface area contributed by atoms with Crippen LogP contribution in [0.1, 0.15) is 11.1 Å². The Kier molecular flexibility index (Phi) is 5.71. The lowest BCUT2D eigenvalue weighted by Crippen LogP contribution is -2.28. The number of carbonyl (C=O) groups is 2. The molecule has 0 fully saturated rings. The standard InChI is InChI=1S/C13H17NO3S/c1-10-3-5-11(6-4-10)7-14(2)12(15)8-18-9-13(16)17/h3-6H,7-9H2,1-2H3,(H,16,17). The molecule has 1 aromatic rings. The fraction of sp³-hybridized carbons (Fsp3) is 0.385. The maximum atomic E-state index is 11.7. The molecule has 4 nitrogen and oxygen atoms in total. The lowest BCUT2D eigenvalue weighted by Gasteiger charge is -2.17. The molecule has 0 spiro atoms. The van der Waals surface area contributed by atoms with Crippen molar-refractivity contribution in [2.45, 2.75) is 13.5 Å². The molecule has 0 saturated carbocycles. The topological polar surface area (TPSA) is 57.6 Å². The number of hydrogen-bond acceptors (Lipinski definition) is 3. The zero-order valence-corrected chi connectivity index (χ0v) is 11.4. The molecular weight excluding hydrogens is 250 g/mol. The molecule has 0 aliphatic rings. The highest BCUT2D eigenvalue weighted by molar-refractivity contribution is 8.00. The van der Waals surface area contributed by atoms with Crippen LogP contribution in [-0.4, -0.2) is 40.4 Å². The average Bonchev–Trinajstić information content (AvgIpc) is 2.31. The maximum absolute atomic E-state index is 11.7. The molecule has 0 unspecified atom stereocenters. The van der Waals surface area contributed by atoms with Gasteiger partial charge in [-0.3, -0.25) is 9.59 Å². The van der Waals surface area contributed by atoms with Gasteiger partial charge in [0.25, 0.3) is 0 Å². The van der Waals surface area contributed by atoms with Gasteiger partial charge in [0.05, 0.1) is 11.5 Å². The molecule has 0 aliphatic carbocycles. The van der Waals surface area contributed by atoms with E-state index in [1.165, 1.54) is 5.56 Å². The van der Waals surface area contributed by atoms with Crippen LogP contribution in [0.3, 0.4) is 0 Å². The molecule has 0 aliphatic heterocycles. The van der Waals surface area contributed by atoms with Crippen LogP contribution in [0.2, 0.25) is 0 Å². The maximum Gasteiger partial charge on any atom is 0.313 e. The van der Waals surface area contributed by atoms with Gasteiger partial charge in [0.15, 0.2) is 0 Å². The first-order valence-corrected chi connectivity index (χ1v) is 6.73. The van der Waals surface area contributed by atoms with E-state index in [1.807, 2.05) is 31.2 Å². The summed E-state index contributed by atoms with van der Waals surface area (Å²) in [6, 6.07) is 7.99. The SMILES string of the molecule is Cc1ccc(CN(C)C(=O)CSCC(=O)O)cc1. The van der Waals surface area contributed by atoms with Crippen LogP contribution in [0.4, 0.5) is 0 Å². The number of hydrogen-bond donors (Lipinski definition) is 1. The predicted octanol–water partition coefficient (Wildman–Crippen LogP) is 1.77. The van der Waals surface area contributed by atoms with Gasteiger partial charge in [-0.15, -0.1) is 11.8 Å². The quantitative estimate of drug-likeness (QED) is 0.853. The second-order valence-electron chi connectivity index (χ2n) is 4.12. The van der Waals surface area contributed by atoms with Crippen LogP contribution in [-0.2, 0) is 16.1 Å². The average molecular weight is 267 g/mol. The van der Waals surface area contributed by atoms with Crippen LogP contribution in [0.5, 0.6) is 0 Å². The minimum Gasteiger partial charge on any atom is -0.481 e. The minimum absolute atomic E-state index is 0.0376. The summed E-state index contributed by atoms with van der Waals surface area (Å²) >= 11 is 1.12. The van der Waals surface area contributed by atoms with E-state index >= 15 is 0 Å². The Morgan fingerprint density at radius 2 is 1.83 bits per heavy atom. The van der Waals surface area contributed by atoms with Crippen molar-refractivity contribution in [3.05, 3.63) is 35.4 Å². The predicted molar refractivity (Wildman–Crippen MR) is 72.6 cm³/mol. The Hall–Kier alpha value is -1.49. The molecule has 1 rings (SSSR count). The smallest absolute Gasteiger partial charge is 0.313 e. The van der Waals surface area contributed by atoms with Crippen molar-refractivity contribution in [2.24, 2.45) is 0 Å². The van der Waals surface area contributed by atoms with Crippen molar-refractivity contribution in [2.75, 3.05) is 18.6 Å². The van der Waals surface area contributed by atoms with E-state index < -0.39 is 5.97 Å².